The Balaban J connectivity index is 2.10. The highest BCUT2D eigenvalue weighted by Crippen LogP contribution is 2.21. The van der Waals surface area contributed by atoms with Gasteiger partial charge in [-0.2, -0.15) is 0 Å². The minimum absolute atomic E-state index is 0.228. The van der Waals surface area contributed by atoms with Gasteiger partial charge >= 0.3 is 0 Å². The lowest BCUT2D eigenvalue weighted by Gasteiger charge is -2.19. The maximum absolute atomic E-state index is 13.5. The molecule has 0 amide bonds. The molecule has 0 radical (unpaired) electrons. The lowest BCUT2D eigenvalue weighted by Crippen LogP contribution is -2.34. The van der Waals surface area contributed by atoms with Gasteiger partial charge in [-0.15, -0.1) is 0 Å². The maximum atomic E-state index is 13.5. The molecule has 0 bridgehead atoms. The van der Waals surface area contributed by atoms with Crippen molar-refractivity contribution in [3.63, 3.8) is 0 Å². The summed E-state index contributed by atoms with van der Waals surface area (Å²) < 4.78 is 13.5. The first-order valence-electron chi connectivity index (χ1n) is 7.26. The molecule has 2 aromatic rings. The predicted molar refractivity (Wildman–Crippen MR) is 85.1 cm³/mol. The molecule has 1 N–H and O–H groups in total. The summed E-state index contributed by atoms with van der Waals surface area (Å²) in [5.74, 6) is -0.354. The quantitative estimate of drug-likeness (QED) is 0.835. The van der Waals surface area contributed by atoms with Gasteiger partial charge in [0.05, 0.1) is 5.02 Å². The van der Waals surface area contributed by atoms with Crippen molar-refractivity contribution in [2.45, 2.75) is 32.2 Å². The number of benzene rings is 1. The summed E-state index contributed by atoms with van der Waals surface area (Å²) in [6, 6.07) is 9.23. The van der Waals surface area contributed by atoms with Crippen molar-refractivity contribution in [2.24, 2.45) is 0 Å². The van der Waals surface area contributed by atoms with Crippen LogP contribution in [-0.2, 0) is 12.8 Å². The van der Waals surface area contributed by atoms with Crippen molar-refractivity contribution in [3.8, 4) is 0 Å². The van der Waals surface area contributed by atoms with Crippen LogP contribution in [-0.4, -0.2) is 17.6 Å². The monoisotopic (exact) mass is 306 g/mol. The largest absolute Gasteiger partial charge is 0.313 e. The molecule has 1 aromatic carbocycles. The molecule has 1 unspecified atom stereocenters. The van der Waals surface area contributed by atoms with Crippen LogP contribution in [0.5, 0.6) is 0 Å². The summed E-state index contributed by atoms with van der Waals surface area (Å²) in [6.07, 6.45) is 6.22. The van der Waals surface area contributed by atoms with Gasteiger partial charge in [0.1, 0.15) is 5.82 Å². The van der Waals surface area contributed by atoms with Crippen LogP contribution in [0.2, 0.25) is 5.02 Å². The van der Waals surface area contributed by atoms with E-state index < -0.39 is 0 Å². The molecule has 0 aliphatic heterocycles. The first-order valence-corrected chi connectivity index (χ1v) is 7.63. The van der Waals surface area contributed by atoms with Gasteiger partial charge in [-0.25, -0.2) is 4.39 Å². The van der Waals surface area contributed by atoms with E-state index in [-0.39, 0.29) is 16.9 Å². The van der Waals surface area contributed by atoms with E-state index in [9.17, 15) is 4.39 Å². The molecule has 1 atom stereocenters. The third-order valence-corrected chi connectivity index (χ3v) is 3.84. The molecule has 0 saturated carbocycles. The minimum atomic E-state index is -0.354. The molecule has 0 aliphatic carbocycles. The van der Waals surface area contributed by atoms with Crippen molar-refractivity contribution >= 4 is 11.6 Å². The van der Waals surface area contributed by atoms with Crippen LogP contribution in [0.4, 0.5) is 4.39 Å². The van der Waals surface area contributed by atoms with Crippen LogP contribution >= 0.6 is 11.6 Å². The normalized spacial score (nSPS) is 12.3. The molecule has 2 rings (SSSR count). The van der Waals surface area contributed by atoms with Crippen molar-refractivity contribution in [2.75, 3.05) is 6.54 Å². The second-order valence-electron chi connectivity index (χ2n) is 5.13. The summed E-state index contributed by atoms with van der Waals surface area (Å²) in [6.45, 7) is 3.06. The van der Waals surface area contributed by atoms with E-state index in [1.165, 1.54) is 11.6 Å². The Bertz CT molecular complexity index is 560. The number of rotatable bonds is 7. The fourth-order valence-corrected chi connectivity index (χ4v) is 2.54. The van der Waals surface area contributed by atoms with E-state index in [0.717, 1.165) is 24.9 Å². The Morgan fingerprint density at radius 2 is 1.95 bits per heavy atom. The van der Waals surface area contributed by atoms with E-state index in [1.807, 2.05) is 18.2 Å². The predicted octanol–water partition coefficient (Wildman–Crippen LogP) is 4.03. The van der Waals surface area contributed by atoms with Gasteiger partial charge < -0.3 is 5.32 Å². The van der Waals surface area contributed by atoms with E-state index >= 15 is 0 Å². The van der Waals surface area contributed by atoms with E-state index in [0.29, 0.717) is 6.42 Å². The average molecular weight is 307 g/mol. The van der Waals surface area contributed by atoms with E-state index in [2.05, 4.69) is 17.2 Å². The average Bonchev–Trinajstić information content (AvgIpc) is 2.50. The fourth-order valence-electron chi connectivity index (χ4n) is 2.34. The topological polar surface area (TPSA) is 24.9 Å². The number of pyridine rings is 1. The van der Waals surface area contributed by atoms with Crippen LogP contribution in [0.3, 0.4) is 0 Å². The van der Waals surface area contributed by atoms with E-state index in [4.69, 9.17) is 11.6 Å². The fraction of sp³-hybridized carbons (Fsp3) is 0.353. The summed E-state index contributed by atoms with van der Waals surface area (Å²) in [5.41, 5.74) is 2.06. The van der Waals surface area contributed by atoms with Gasteiger partial charge in [-0.3, -0.25) is 4.98 Å². The molecule has 0 aliphatic rings. The van der Waals surface area contributed by atoms with Crippen molar-refractivity contribution in [1.82, 2.24) is 10.3 Å². The smallest absolute Gasteiger partial charge is 0.142 e. The zero-order valence-electron chi connectivity index (χ0n) is 12.2. The molecular formula is C17H20ClFN2. The van der Waals surface area contributed by atoms with Crippen LogP contribution in [0.15, 0.2) is 42.7 Å². The van der Waals surface area contributed by atoms with Gasteiger partial charge in [-0.05, 0) is 55.1 Å². The molecule has 1 aromatic heterocycles. The Kier molecular flexibility index (Phi) is 6.15. The minimum Gasteiger partial charge on any atom is -0.313 e. The standard InChI is InChI=1S/C17H20ClFN2/c1-2-8-21-15(11-13-6-9-20-10-7-13)12-14-4-3-5-16(19)17(14)18/h3-7,9-10,15,21H,2,8,11-12H2,1H3. The lowest BCUT2D eigenvalue weighted by atomic mass is 9.99. The molecule has 0 fully saturated rings. The Morgan fingerprint density at radius 3 is 2.67 bits per heavy atom. The highest BCUT2D eigenvalue weighted by atomic mass is 35.5. The molecular weight excluding hydrogens is 287 g/mol. The first-order chi connectivity index (χ1) is 10.2. The molecule has 112 valence electrons. The summed E-state index contributed by atoms with van der Waals surface area (Å²) in [5, 5.41) is 3.74. The Labute approximate surface area is 130 Å². The van der Waals surface area contributed by atoms with Crippen LogP contribution < -0.4 is 5.32 Å². The zero-order chi connectivity index (χ0) is 15.1. The number of halogens is 2. The van der Waals surface area contributed by atoms with Gasteiger partial charge in [0.15, 0.2) is 0 Å². The van der Waals surface area contributed by atoms with Gasteiger partial charge in [0.25, 0.3) is 0 Å². The lowest BCUT2D eigenvalue weighted by molar-refractivity contribution is 0.503. The summed E-state index contributed by atoms with van der Waals surface area (Å²) in [7, 11) is 0. The number of hydrogen-bond donors (Lipinski definition) is 1. The first kappa shape index (κ1) is 15.9. The third kappa shape index (κ3) is 4.80. The maximum Gasteiger partial charge on any atom is 0.142 e. The molecule has 0 saturated heterocycles. The Hall–Kier alpha value is -1.45. The van der Waals surface area contributed by atoms with Crippen molar-refractivity contribution in [1.29, 1.82) is 0 Å². The third-order valence-electron chi connectivity index (χ3n) is 3.41. The number of nitrogens with one attached hydrogen (secondary N) is 1. The van der Waals surface area contributed by atoms with Crippen LogP contribution in [0.1, 0.15) is 24.5 Å². The highest BCUT2D eigenvalue weighted by Gasteiger charge is 2.13. The number of aromatic nitrogens is 1. The van der Waals surface area contributed by atoms with E-state index in [1.54, 1.807) is 18.5 Å². The number of hydrogen-bond acceptors (Lipinski definition) is 2. The second-order valence-corrected chi connectivity index (χ2v) is 5.51. The van der Waals surface area contributed by atoms with Gasteiger partial charge in [0, 0.05) is 18.4 Å². The summed E-state index contributed by atoms with van der Waals surface area (Å²) >= 11 is 6.06. The SMILES string of the molecule is CCCNC(Cc1ccncc1)Cc1cccc(F)c1Cl. The molecule has 21 heavy (non-hydrogen) atoms. The summed E-state index contributed by atoms with van der Waals surface area (Å²) in [4.78, 5) is 4.03. The molecule has 2 nitrogen and oxygen atoms in total. The molecule has 1 heterocycles. The number of nitrogens with zero attached hydrogens (tertiary/aromatic N) is 1. The van der Waals surface area contributed by atoms with Crippen LogP contribution in [0, 0.1) is 5.82 Å². The Morgan fingerprint density at radius 1 is 1.19 bits per heavy atom. The molecule has 0 spiro atoms. The van der Waals surface area contributed by atoms with Crippen molar-refractivity contribution < 1.29 is 4.39 Å². The van der Waals surface area contributed by atoms with Gasteiger partial charge in [0.2, 0.25) is 0 Å². The van der Waals surface area contributed by atoms with Crippen molar-refractivity contribution in [3.05, 3.63) is 64.7 Å². The molecule has 4 heteroatoms. The highest BCUT2D eigenvalue weighted by molar-refractivity contribution is 6.31. The van der Waals surface area contributed by atoms with Crippen LogP contribution in [0.25, 0.3) is 0 Å². The zero-order valence-corrected chi connectivity index (χ0v) is 12.9. The van der Waals surface area contributed by atoms with Gasteiger partial charge in [-0.1, -0.05) is 30.7 Å². The second kappa shape index (κ2) is 8.11.